The molecule has 4 heteroatoms. The first-order valence-corrected chi connectivity index (χ1v) is 7.72. The number of hydrogen-bond acceptors (Lipinski definition) is 4. The van der Waals surface area contributed by atoms with Gasteiger partial charge in [-0.15, -0.1) is 11.3 Å². The van der Waals surface area contributed by atoms with Crippen LogP contribution in [0.25, 0.3) is 11.0 Å². The van der Waals surface area contributed by atoms with Crippen molar-refractivity contribution in [1.82, 2.24) is 10.3 Å². The molecule has 0 amide bonds. The van der Waals surface area contributed by atoms with Gasteiger partial charge in [0, 0.05) is 28.6 Å². The summed E-state index contributed by atoms with van der Waals surface area (Å²) in [6.45, 7) is 5.10. The summed E-state index contributed by atoms with van der Waals surface area (Å²) < 4.78 is 5.56. The Morgan fingerprint density at radius 1 is 1.35 bits per heavy atom. The fourth-order valence-electron chi connectivity index (χ4n) is 2.21. The van der Waals surface area contributed by atoms with Gasteiger partial charge in [0.25, 0.3) is 0 Å². The Labute approximate surface area is 122 Å². The molecule has 0 aliphatic carbocycles. The Hall–Kier alpha value is -1.65. The average molecular weight is 286 g/mol. The van der Waals surface area contributed by atoms with Gasteiger partial charge in [0.05, 0.1) is 12.3 Å². The second-order valence-electron chi connectivity index (χ2n) is 4.88. The van der Waals surface area contributed by atoms with E-state index in [1.165, 1.54) is 15.8 Å². The van der Waals surface area contributed by atoms with Crippen molar-refractivity contribution in [3.63, 3.8) is 0 Å². The molecule has 2 heterocycles. The van der Waals surface area contributed by atoms with E-state index in [1.807, 2.05) is 30.7 Å². The minimum absolute atomic E-state index is 0.258. The van der Waals surface area contributed by atoms with Crippen molar-refractivity contribution in [1.29, 1.82) is 0 Å². The van der Waals surface area contributed by atoms with E-state index in [0.717, 1.165) is 23.6 Å². The third-order valence-electron chi connectivity index (χ3n) is 3.45. The van der Waals surface area contributed by atoms with Gasteiger partial charge in [-0.25, -0.2) is 4.98 Å². The lowest BCUT2D eigenvalue weighted by molar-refractivity contribution is 0.560. The number of aryl methyl sites for hydroxylation is 1. The molecule has 2 aromatic heterocycles. The number of rotatable bonds is 5. The van der Waals surface area contributed by atoms with E-state index in [0.29, 0.717) is 0 Å². The normalized spacial score (nSPS) is 12.9. The lowest BCUT2D eigenvalue weighted by atomic mass is 10.1. The molecule has 1 N–H and O–H groups in total. The number of para-hydroxylation sites is 1. The van der Waals surface area contributed by atoms with Gasteiger partial charge < -0.3 is 9.73 Å². The third kappa shape index (κ3) is 2.62. The second kappa shape index (κ2) is 5.77. The molecule has 1 unspecified atom stereocenters. The Balaban J connectivity index is 1.69. The molecule has 1 atom stereocenters. The molecule has 104 valence electrons. The van der Waals surface area contributed by atoms with Crippen LogP contribution in [0.2, 0.25) is 0 Å². The largest absolute Gasteiger partial charge is 0.464 e. The maximum absolute atomic E-state index is 5.56. The maximum atomic E-state index is 5.56. The number of nitrogens with zero attached hydrogens (tertiary/aromatic N) is 1. The zero-order chi connectivity index (χ0) is 13.9. The van der Waals surface area contributed by atoms with Crippen LogP contribution in [0, 0.1) is 0 Å². The van der Waals surface area contributed by atoms with E-state index < -0.39 is 0 Å². The zero-order valence-corrected chi connectivity index (χ0v) is 12.5. The van der Waals surface area contributed by atoms with E-state index in [-0.39, 0.29) is 6.04 Å². The molecule has 0 bridgehead atoms. The van der Waals surface area contributed by atoms with Crippen molar-refractivity contribution in [2.45, 2.75) is 32.9 Å². The Morgan fingerprint density at radius 2 is 2.20 bits per heavy atom. The number of hydrogen-bond donors (Lipinski definition) is 1. The molecule has 0 fully saturated rings. The average Bonchev–Trinajstić information content (AvgIpc) is 3.11. The van der Waals surface area contributed by atoms with Gasteiger partial charge >= 0.3 is 0 Å². The lowest BCUT2D eigenvalue weighted by Gasteiger charge is -2.10. The Bertz CT molecular complexity index is 701. The van der Waals surface area contributed by atoms with Crippen LogP contribution in [-0.2, 0) is 13.0 Å². The molecule has 0 radical (unpaired) electrons. The molecular formula is C16H18N2OS. The van der Waals surface area contributed by atoms with E-state index >= 15 is 0 Å². The predicted molar refractivity (Wildman–Crippen MR) is 83.0 cm³/mol. The summed E-state index contributed by atoms with van der Waals surface area (Å²) in [4.78, 5) is 5.82. The van der Waals surface area contributed by atoms with Crippen molar-refractivity contribution in [3.8, 4) is 0 Å². The van der Waals surface area contributed by atoms with Gasteiger partial charge in [-0.2, -0.15) is 0 Å². The van der Waals surface area contributed by atoms with Gasteiger partial charge in [-0.05, 0) is 19.4 Å². The fourth-order valence-corrected chi connectivity index (χ4v) is 3.09. The predicted octanol–water partition coefficient (Wildman–Crippen LogP) is 4.30. The molecule has 3 nitrogen and oxygen atoms in total. The summed E-state index contributed by atoms with van der Waals surface area (Å²) in [5, 5.41) is 5.85. The Morgan fingerprint density at radius 3 is 3.00 bits per heavy atom. The molecule has 1 aromatic carbocycles. The number of nitrogens with one attached hydrogen (secondary N) is 1. The van der Waals surface area contributed by atoms with Crippen molar-refractivity contribution < 1.29 is 4.42 Å². The number of aromatic nitrogens is 1. The molecule has 3 aromatic rings. The zero-order valence-electron chi connectivity index (χ0n) is 11.7. The number of furan rings is 1. The van der Waals surface area contributed by atoms with Gasteiger partial charge in [0.15, 0.2) is 0 Å². The van der Waals surface area contributed by atoms with Crippen LogP contribution in [0.1, 0.15) is 35.3 Å². The molecular weight excluding hydrogens is 268 g/mol. The Kier molecular flexibility index (Phi) is 3.85. The monoisotopic (exact) mass is 286 g/mol. The van der Waals surface area contributed by atoms with E-state index in [1.54, 1.807) is 11.3 Å². The first kappa shape index (κ1) is 13.3. The smallest absolute Gasteiger partial charge is 0.134 e. The highest BCUT2D eigenvalue weighted by molar-refractivity contribution is 7.11. The SMILES string of the molecule is CCc1cnc(C(C)NCc2coc3ccccc23)s1. The summed E-state index contributed by atoms with van der Waals surface area (Å²) in [7, 11) is 0. The summed E-state index contributed by atoms with van der Waals surface area (Å²) in [6, 6.07) is 8.39. The summed E-state index contributed by atoms with van der Waals surface area (Å²) in [5.74, 6) is 0. The molecule has 20 heavy (non-hydrogen) atoms. The van der Waals surface area contributed by atoms with Gasteiger partial charge in [-0.1, -0.05) is 25.1 Å². The van der Waals surface area contributed by atoms with Crippen LogP contribution in [0.5, 0.6) is 0 Å². The van der Waals surface area contributed by atoms with Crippen molar-refractivity contribution in [2.24, 2.45) is 0 Å². The van der Waals surface area contributed by atoms with E-state index in [4.69, 9.17) is 4.42 Å². The number of benzene rings is 1. The number of fused-ring (bicyclic) bond motifs is 1. The van der Waals surface area contributed by atoms with Gasteiger partial charge in [-0.3, -0.25) is 0 Å². The highest BCUT2D eigenvalue weighted by Crippen LogP contribution is 2.23. The van der Waals surface area contributed by atoms with Crippen LogP contribution in [-0.4, -0.2) is 4.98 Å². The van der Waals surface area contributed by atoms with Crippen molar-refractivity contribution in [3.05, 3.63) is 52.2 Å². The summed E-state index contributed by atoms with van der Waals surface area (Å²) >= 11 is 1.78. The molecule has 0 saturated carbocycles. The van der Waals surface area contributed by atoms with Crippen molar-refractivity contribution >= 4 is 22.3 Å². The van der Waals surface area contributed by atoms with E-state index in [2.05, 4.69) is 30.2 Å². The van der Waals surface area contributed by atoms with Crippen LogP contribution in [0.15, 0.2) is 41.1 Å². The third-order valence-corrected chi connectivity index (χ3v) is 4.77. The van der Waals surface area contributed by atoms with E-state index in [9.17, 15) is 0 Å². The van der Waals surface area contributed by atoms with Crippen LogP contribution in [0.3, 0.4) is 0 Å². The van der Waals surface area contributed by atoms with Crippen molar-refractivity contribution in [2.75, 3.05) is 0 Å². The quantitative estimate of drug-likeness (QED) is 0.760. The molecule has 0 aliphatic rings. The fraction of sp³-hybridized carbons (Fsp3) is 0.312. The minimum Gasteiger partial charge on any atom is -0.464 e. The molecule has 0 saturated heterocycles. The summed E-state index contributed by atoms with van der Waals surface area (Å²) in [5.41, 5.74) is 2.14. The van der Waals surface area contributed by atoms with Gasteiger partial charge in [0.2, 0.25) is 0 Å². The highest BCUT2D eigenvalue weighted by Gasteiger charge is 2.11. The minimum atomic E-state index is 0.258. The second-order valence-corrected chi connectivity index (χ2v) is 6.02. The standard InChI is InChI=1S/C16H18N2OS/c1-3-13-9-18-16(20-13)11(2)17-8-12-10-19-15-7-5-4-6-14(12)15/h4-7,9-11,17H,3,8H2,1-2H3. The maximum Gasteiger partial charge on any atom is 0.134 e. The van der Waals surface area contributed by atoms with Gasteiger partial charge in [0.1, 0.15) is 10.6 Å². The molecule has 0 spiro atoms. The van der Waals surface area contributed by atoms with Crippen LogP contribution >= 0.6 is 11.3 Å². The molecule has 3 rings (SSSR count). The molecule has 0 aliphatic heterocycles. The van der Waals surface area contributed by atoms with Crippen LogP contribution < -0.4 is 5.32 Å². The van der Waals surface area contributed by atoms with Crippen LogP contribution in [0.4, 0.5) is 0 Å². The highest BCUT2D eigenvalue weighted by atomic mass is 32.1. The number of thiazole rings is 1. The first-order valence-electron chi connectivity index (χ1n) is 6.91. The lowest BCUT2D eigenvalue weighted by Crippen LogP contribution is -2.17. The summed E-state index contributed by atoms with van der Waals surface area (Å²) in [6.07, 6.45) is 4.87. The topological polar surface area (TPSA) is 38.1 Å². The first-order chi connectivity index (χ1) is 9.78.